The smallest absolute Gasteiger partial charge is 0.123 e. The maximum Gasteiger partial charge on any atom is 0.123 e. The van der Waals surface area contributed by atoms with Gasteiger partial charge in [0.05, 0.1) is 0 Å². The molecule has 0 heterocycles. The van der Waals surface area contributed by atoms with E-state index in [4.69, 9.17) is 0 Å². The maximum atomic E-state index is 13.0. The average Bonchev–Trinajstić information content (AvgIpc) is 2.95. The molecule has 0 saturated carbocycles. The van der Waals surface area contributed by atoms with Gasteiger partial charge in [0.25, 0.3) is 0 Å². The van der Waals surface area contributed by atoms with Gasteiger partial charge in [0, 0.05) is 12.1 Å². The SMILES string of the molecule is CC(N[C@H](C)c1ccc(F)cc1)c1ccc2c(c1)CCC2. The third-order valence-corrected chi connectivity index (χ3v) is 4.49. The predicted molar refractivity (Wildman–Crippen MR) is 84.8 cm³/mol. The summed E-state index contributed by atoms with van der Waals surface area (Å²) >= 11 is 0. The summed E-state index contributed by atoms with van der Waals surface area (Å²) in [5.74, 6) is -0.183. The van der Waals surface area contributed by atoms with Gasteiger partial charge in [-0.05, 0) is 67.5 Å². The Labute approximate surface area is 126 Å². The molecule has 0 fully saturated rings. The predicted octanol–water partition coefficient (Wildman–Crippen LogP) is 4.73. The van der Waals surface area contributed by atoms with Crippen molar-refractivity contribution in [1.82, 2.24) is 5.32 Å². The van der Waals surface area contributed by atoms with Crippen molar-refractivity contribution in [2.24, 2.45) is 0 Å². The van der Waals surface area contributed by atoms with Gasteiger partial charge >= 0.3 is 0 Å². The number of fused-ring (bicyclic) bond motifs is 1. The first kappa shape index (κ1) is 14.3. The lowest BCUT2D eigenvalue weighted by Crippen LogP contribution is -2.22. The van der Waals surface area contributed by atoms with Crippen LogP contribution in [-0.2, 0) is 12.8 Å². The fourth-order valence-electron chi connectivity index (χ4n) is 3.18. The molecule has 2 aromatic rings. The molecular weight excluding hydrogens is 261 g/mol. The lowest BCUT2D eigenvalue weighted by atomic mass is 10.0. The molecule has 1 unspecified atom stereocenters. The molecule has 2 aromatic carbocycles. The summed E-state index contributed by atoms with van der Waals surface area (Å²) in [6.07, 6.45) is 3.72. The Hall–Kier alpha value is -1.67. The highest BCUT2D eigenvalue weighted by molar-refractivity contribution is 5.36. The van der Waals surface area contributed by atoms with Crippen LogP contribution in [0.4, 0.5) is 4.39 Å². The molecule has 3 rings (SSSR count). The molecule has 2 atom stereocenters. The van der Waals surface area contributed by atoms with Crippen LogP contribution in [0.3, 0.4) is 0 Å². The third-order valence-electron chi connectivity index (χ3n) is 4.49. The van der Waals surface area contributed by atoms with Gasteiger partial charge in [-0.25, -0.2) is 4.39 Å². The maximum absolute atomic E-state index is 13.0. The molecule has 2 heteroatoms. The van der Waals surface area contributed by atoms with Crippen LogP contribution >= 0.6 is 0 Å². The van der Waals surface area contributed by atoms with E-state index in [1.54, 1.807) is 0 Å². The Kier molecular flexibility index (Phi) is 4.07. The van der Waals surface area contributed by atoms with Crippen molar-refractivity contribution < 1.29 is 4.39 Å². The van der Waals surface area contributed by atoms with E-state index >= 15 is 0 Å². The zero-order valence-electron chi connectivity index (χ0n) is 12.7. The van der Waals surface area contributed by atoms with Crippen molar-refractivity contribution in [2.75, 3.05) is 0 Å². The number of rotatable bonds is 4. The van der Waals surface area contributed by atoms with E-state index in [2.05, 4.69) is 37.4 Å². The van der Waals surface area contributed by atoms with Crippen LogP contribution < -0.4 is 5.32 Å². The van der Waals surface area contributed by atoms with Crippen LogP contribution in [0.15, 0.2) is 42.5 Å². The first-order valence-electron chi connectivity index (χ1n) is 7.76. The number of halogens is 1. The highest BCUT2D eigenvalue weighted by Gasteiger charge is 2.15. The minimum atomic E-state index is -0.183. The van der Waals surface area contributed by atoms with E-state index in [1.807, 2.05) is 12.1 Å². The van der Waals surface area contributed by atoms with E-state index in [1.165, 1.54) is 48.1 Å². The summed E-state index contributed by atoms with van der Waals surface area (Å²) in [4.78, 5) is 0. The summed E-state index contributed by atoms with van der Waals surface area (Å²) in [5.41, 5.74) is 5.47. The molecule has 0 bridgehead atoms. The number of aryl methyl sites for hydroxylation is 2. The molecule has 1 aliphatic carbocycles. The van der Waals surface area contributed by atoms with E-state index in [0.717, 1.165) is 5.56 Å². The molecule has 0 amide bonds. The van der Waals surface area contributed by atoms with Crippen molar-refractivity contribution >= 4 is 0 Å². The van der Waals surface area contributed by atoms with Crippen LogP contribution in [0.5, 0.6) is 0 Å². The average molecular weight is 283 g/mol. The highest BCUT2D eigenvalue weighted by Crippen LogP contribution is 2.26. The van der Waals surface area contributed by atoms with Gasteiger partial charge in [-0.15, -0.1) is 0 Å². The Morgan fingerprint density at radius 3 is 2.24 bits per heavy atom. The van der Waals surface area contributed by atoms with E-state index in [9.17, 15) is 4.39 Å². The quantitative estimate of drug-likeness (QED) is 0.855. The summed E-state index contributed by atoms with van der Waals surface area (Å²) in [5, 5.41) is 3.60. The van der Waals surface area contributed by atoms with Crippen molar-refractivity contribution in [3.63, 3.8) is 0 Å². The first-order chi connectivity index (χ1) is 10.1. The Morgan fingerprint density at radius 2 is 1.48 bits per heavy atom. The second kappa shape index (κ2) is 5.98. The van der Waals surface area contributed by atoms with Crippen LogP contribution in [0.1, 0.15) is 54.6 Å². The molecule has 21 heavy (non-hydrogen) atoms. The molecule has 1 nitrogen and oxygen atoms in total. The lowest BCUT2D eigenvalue weighted by Gasteiger charge is -2.21. The summed E-state index contributed by atoms with van der Waals surface area (Å²) in [6.45, 7) is 4.31. The van der Waals surface area contributed by atoms with Crippen molar-refractivity contribution in [3.05, 3.63) is 70.5 Å². The second-order valence-corrected chi connectivity index (χ2v) is 6.04. The largest absolute Gasteiger partial charge is 0.304 e. The Balaban J connectivity index is 1.70. The van der Waals surface area contributed by atoms with Crippen LogP contribution in [-0.4, -0.2) is 0 Å². The standard InChI is InChI=1S/C19H22FN/c1-13(15-8-10-19(20)11-9-15)21-14(2)17-7-6-16-4-3-5-18(16)12-17/h6-14,21H,3-5H2,1-2H3/t13-,14?/m1/s1. The van der Waals surface area contributed by atoms with E-state index < -0.39 is 0 Å². The van der Waals surface area contributed by atoms with Gasteiger partial charge < -0.3 is 5.32 Å². The molecule has 1 N–H and O–H groups in total. The third kappa shape index (κ3) is 3.16. The number of hydrogen-bond donors (Lipinski definition) is 1. The van der Waals surface area contributed by atoms with Gasteiger partial charge in [0.1, 0.15) is 5.82 Å². The van der Waals surface area contributed by atoms with Gasteiger partial charge in [-0.3, -0.25) is 0 Å². The monoisotopic (exact) mass is 283 g/mol. The zero-order chi connectivity index (χ0) is 14.8. The minimum Gasteiger partial charge on any atom is -0.304 e. The lowest BCUT2D eigenvalue weighted by molar-refractivity contribution is 0.493. The molecule has 0 aromatic heterocycles. The fraction of sp³-hybridized carbons (Fsp3) is 0.368. The normalized spacial score (nSPS) is 16.5. The number of nitrogens with one attached hydrogen (secondary N) is 1. The molecule has 0 aliphatic heterocycles. The summed E-state index contributed by atoms with van der Waals surface area (Å²) in [6, 6.07) is 14.1. The molecule has 1 aliphatic rings. The highest BCUT2D eigenvalue weighted by atomic mass is 19.1. The number of hydrogen-bond acceptors (Lipinski definition) is 1. The molecular formula is C19H22FN. The van der Waals surface area contributed by atoms with Crippen molar-refractivity contribution in [2.45, 2.75) is 45.2 Å². The summed E-state index contributed by atoms with van der Waals surface area (Å²) in [7, 11) is 0. The van der Waals surface area contributed by atoms with E-state index in [-0.39, 0.29) is 17.9 Å². The van der Waals surface area contributed by atoms with Gasteiger partial charge in [-0.1, -0.05) is 30.3 Å². The van der Waals surface area contributed by atoms with Gasteiger partial charge in [-0.2, -0.15) is 0 Å². The summed E-state index contributed by atoms with van der Waals surface area (Å²) < 4.78 is 13.0. The zero-order valence-corrected chi connectivity index (χ0v) is 12.7. The van der Waals surface area contributed by atoms with E-state index in [0.29, 0.717) is 0 Å². The van der Waals surface area contributed by atoms with Gasteiger partial charge in [0.15, 0.2) is 0 Å². The molecule has 110 valence electrons. The molecule has 0 radical (unpaired) electrons. The van der Waals surface area contributed by atoms with Crippen molar-refractivity contribution in [3.8, 4) is 0 Å². The Morgan fingerprint density at radius 1 is 0.857 bits per heavy atom. The molecule has 0 spiro atoms. The van der Waals surface area contributed by atoms with Gasteiger partial charge in [0.2, 0.25) is 0 Å². The van der Waals surface area contributed by atoms with Crippen LogP contribution in [0.2, 0.25) is 0 Å². The topological polar surface area (TPSA) is 12.0 Å². The molecule has 0 saturated heterocycles. The number of benzene rings is 2. The second-order valence-electron chi connectivity index (χ2n) is 6.04. The minimum absolute atomic E-state index is 0.183. The van der Waals surface area contributed by atoms with Crippen molar-refractivity contribution in [1.29, 1.82) is 0 Å². The Bertz CT molecular complexity index is 618. The fourth-order valence-corrected chi connectivity index (χ4v) is 3.18. The van der Waals surface area contributed by atoms with Crippen LogP contribution in [0.25, 0.3) is 0 Å². The first-order valence-corrected chi connectivity index (χ1v) is 7.76. The van der Waals surface area contributed by atoms with Crippen LogP contribution in [0, 0.1) is 5.82 Å².